The highest BCUT2D eigenvalue weighted by Gasteiger charge is 2.38. The standard InChI is InChI=1S/C7H18O3SSi.C2H4/c1-4-8-12(7-11,9-5-2)10-6-3;1-2/h11H,4-7H2,1-3H3;1-2H2. The lowest BCUT2D eigenvalue weighted by Gasteiger charge is -2.26. The topological polar surface area (TPSA) is 27.7 Å². The maximum atomic E-state index is 5.48. The van der Waals surface area contributed by atoms with Crippen molar-refractivity contribution in [1.29, 1.82) is 0 Å². The molecule has 0 bridgehead atoms. The van der Waals surface area contributed by atoms with Crippen molar-refractivity contribution >= 4 is 21.4 Å². The molecular formula is C9H22O3SSi. The third-order valence-electron chi connectivity index (χ3n) is 1.29. The van der Waals surface area contributed by atoms with Gasteiger partial charge < -0.3 is 13.3 Å². The second-order valence-electron chi connectivity index (χ2n) is 2.14. The highest BCUT2D eigenvalue weighted by atomic mass is 32.1. The molecule has 0 aromatic rings. The Bertz CT molecular complexity index is 108. The van der Waals surface area contributed by atoms with E-state index >= 15 is 0 Å². The van der Waals surface area contributed by atoms with E-state index in [1.165, 1.54) is 0 Å². The van der Waals surface area contributed by atoms with Crippen LogP contribution in [0.4, 0.5) is 0 Å². The van der Waals surface area contributed by atoms with E-state index in [0.717, 1.165) is 0 Å². The van der Waals surface area contributed by atoms with E-state index in [4.69, 9.17) is 13.3 Å². The summed E-state index contributed by atoms with van der Waals surface area (Å²) < 4.78 is 16.4. The fraction of sp³-hybridized carbons (Fsp3) is 0.778. The van der Waals surface area contributed by atoms with Crippen molar-refractivity contribution in [2.75, 3.05) is 25.2 Å². The van der Waals surface area contributed by atoms with Gasteiger partial charge in [0.1, 0.15) is 0 Å². The quantitative estimate of drug-likeness (QED) is 0.419. The van der Waals surface area contributed by atoms with Crippen LogP contribution in [-0.4, -0.2) is 34.0 Å². The summed E-state index contributed by atoms with van der Waals surface area (Å²) in [4.78, 5) is 0. The Labute approximate surface area is 94.2 Å². The smallest absolute Gasteiger partial charge is 0.373 e. The first-order valence-electron chi connectivity index (χ1n) is 4.77. The van der Waals surface area contributed by atoms with Gasteiger partial charge in [0.15, 0.2) is 0 Å². The third kappa shape index (κ3) is 6.61. The van der Waals surface area contributed by atoms with Crippen LogP contribution in [0.2, 0.25) is 0 Å². The van der Waals surface area contributed by atoms with Crippen LogP contribution in [0, 0.1) is 0 Å². The van der Waals surface area contributed by atoms with Gasteiger partial charge in [-0.05, 0) is 20.8 Å². The molecule has 0 spiro atoms. The van der Waals surface area contributed by atoms with Crippen LogP contribution < -0.4 is 0 Å². The van der Waals surface area contributed by atoms with Gasteiger partial charge in [-0.25, -0.2) is 0 Å². The zero-order valence-corrected chi connectivity index (χ0v) is 11.3. The summed E-state index contributed by atoms with van der Waals surface area (Å²) in [5.41, 5.74) is 0. The molecule has 0 aliphatic heterocycles. The number of thiol groups is 1. The first-order chi connectivity index (χ1) is 6.74. The summed E-state index contributed by atoms with van der Waals surface area (Å²) in [5, 5.41) is 0.544. The molecule has 0 N–H and O–H groups in total. The minimum atomic E-state index is -2.41. The SMILES string of the molecule is C=C.CCO[Si](CS)(OCC)OCC. The molecule has 0 saturated carbocycles. The molecule has 0 atom stereocenters. The van der Waals surface area contributed by atoms with Gasteiger partial charge in [-0.2, -0.15) is 12.6 Å². The van der Waals surface area contributed by atoms with Crippen molar-refractivity contribution in [3.05, 3.63) is 13.2 Å². The Morgan fingerprint density at radius 2 is 1.21 bits per heavy atom. The van der Waals surface area contributed by atoms with E-state index < -0.39 is 8.80 Å². The van der Waals surface area contributed by atoms with Crippen LogP contribution in [0.15, 0.2) is 13.2 Å². The number of rotatable bonds is 7. The van der Waals surface area contributed by atoms with E-state index in [-0.39, 0.29) is 0 Å². The van der Waals surface area contributed by atoms with Gasteiger partial charge in [-0.1, -0.05) is 0 Å². The van der Waals surface area contributed by atoms with E-state index in [9.17, 15) is 0 Å². The van der Waals surface area contributed by atoms with Crippen molar-refractivity contribution in [2.24, 2.45) is 0 Å². The van der Waals surface area contributed by atoms with Crippen LogP contribution >= 0.6 is 12.6 Å². The van der Waals surface area contributed by atoms with E-state index in [1.807, 2.05) is 20.8 Å². The lowest BCUT2D eigenvalue weighted by Crippen LogP contribution is -2.48. The molecule has 0 aromatic heterocycles. The molecule has 0 rings (SSSR count). The summed E-state index contributed by atoms with van der Waals surface area (Å²) in [5.74, 6) is 0. The average molecular weight is 238 g/mol. The average Bonchev–Trinajstić information content (AvgIpc) is 2.22. The molecule has 0 heterocycles. The molecule has 0 radical (unpaired) electrons. The van der Waals surface area contributed by atoms with Crippen molar-refractivity contribution in [1.82, 2.24) is 0 Å². The molecule has 0 fully saturated rings. The van der Waals surface area contributed by atoms with Crippen LogP contribution in [-0.2, 0) is 13.3 Å². The van der Waals surface area contributed by atoms with Crippen LogP contribution in [0.3, 0.4) is 0 Å². The molecule has 3 nitrogen and oxygen atoms in total. The van der Waals surface area contributed by atoms with Crippen LogP contribution in [0.5, 0.6) is 0 Å². The lowest BCUT2D eigenvalue weighted by molar-refractivity contribution is 0.0774. The number of hydrogen-bond acceptors (Lipinski definition) is 4. The Hall–Kier alpha value is 0.187. The van der Waals surface area contributed by atoms with Crippen molar-refractivity contribution in [2.45, 2.75) is 20.8 Å². The predicted octanol–water partition coefficient (Wildman–Crippen LogP) is 2.31. The van der Waals surface area contributed by atoms with Crippen molar-refractivity contribution in [3.63, 3.8) is 0 Å². The van der Waals surface area contributed by atoms with E-state index in [0.29, 0.717) is 25.2 Å². The van der Waals surface area contributed by atoms with Crippen LogP contribution in [0.1, 0.15) is 20.8 Å². The summed E-state index contributed by atoms with van der Waals surface area (Å²) in [7, 11) is -2.41. The third-order valence-corrected chi connectivity index (χ3v) is 5.02. The van der Waals surface area contributed by atoms with Crippen molar-refractivity contribution < 1.29 is 13.3 Å². The maximum Gasteiger partial charge on any atom is 0.511 e. The molecule has 0 aliphatic rings. The summed E-state index contributed by atoms with van der Waals surface area (Å²) in [6, 6.07) is 0. The molecule has 0 saturated heterocycles. The molecule has 0 aromatic carbocycles. The maximum absolute atomic E-state index is 5.48. The Morgan fingerprint density at radius 3 is 1.36 bits per heavy atom. The van der Waals surface area contributed by atoms with Crippen LogP contribution in [0.25, 0.3) is 0 Å². The van der Waals surface area contributed by atoms with E-state index in [1.54, 1.807) is 0 Å². The summed E-state index contributed by atoms with van der Waals surface area (Å²) in [6.07, 6.45) is 0. The van der Waals surface area contributed by atoms with Gasteiger partial charge >= 0.3 is 8.80 Å². The van der Waals surface area contributed by atoms with E-state index in [2.05, 4.69) is 25.8 Å². The highest BCUT2D eigenvalue weighted by molar-refractivity contribution is 7.82. The van der Waals surface area contributed by atoms with Gasteiger partial charge in [-0.3, -0.25) is 0 Å². The summed E-state index contributed by atoms with van der Waals surface area (Å²) >= 11 is 4.19. The second-order valence-corrected chi connectivity index (χ2v) is 5.64. The first-order valence-corrected chi connectivity index (χ1v) is 7.33. The Kier molecular flexibility index (Phi) is 13.4. The minimum absolute atomic E-state index is 0.544. The lowest BCUT2D eigenvalue weighted by atomic mass is 10.9. The molecule has 0 amide bonds. The monoisotopic (exact) mass is 238 g/mol. The Balaban J connectivity index is 0. The molecule has 5 heteroatoms. The minimum Gasteiger partial charge on any atom is -0.373 e. The fourth-order valence-corrected chi connectivity index (χ4v) is 3.59. The predicted molar refractivity (Wildman–Crippen MR) is 65.7 cm³/mol. The molecule has 14 heavy (non-hydrogen) atoms. The molecular weight excluding hydrogens is 216 g/mol. The fourth-order valence-electron chi connectivity index (χ4n) is 0.922. The van der Waals surface area contributed by atoms with Crippen molar-refractivity contribution in [3.8, 4) is 0 Å². The van der Waals surface area contributed by atoms with Gasteiger partial charge in [0, 0.05) is 19.8 Å². The van der Waals surface area contributed by atoms with Gasteiger partial charge in [0.05, 0.1) is 5.38 Å². The largest absolute Gasteiger partial charge is 0.511 e. The zero-order valence-electron chi connectivity index (χ0n) is 9.41. The summed E-state index contributed by atoms with van der Waals surface area (Å²) in [6.45, 7) is 13.7. The zero-order chi connectivity index (χ0) is 11.4. The Morgan fingerprint density at radius 1 is 0.929 bits per heavy atom. The highest BCUT2D eigenvalue weighted by Crippen LogP contribution is 2.11. The van der Waals surface area contributed by atoms with Gasteiger partial charge in [0.25, 0.3) is 0 Å². The normalized spacial score (nSPS) is 10.6. The first kappa shape index (κ1) is 16.6. The second kappa shape index (κ2) is 11.3. The molecule has 0 aliphatic carbocycles. The molecule has 86 valence electrons. The molecule has 0 unspecified atom stereocenters. The van der Waals surface area contributed by atoms with Gasteiger partial charge in [-0.15, -0.1) is 13.2 Å². The number of hydrogen-bond donors (Lipinski definition) is 1. The van der Waals surface area contributed by atoms with Gasteiger partial charge in [0.2, 0.25) is 0 Å².